The standard InChI is InChI=1S/C25H38N2O7/c1-14(2)6-7-19-24(3,34-19)21-20(30-5)18(8-9-25(21)13-32-25)33-23(29)27-10-15-16(11-27)17(15)12-31-22(28)26-4/h6,15-21H,7-13H2,1-5H3,(H,26,28)/t15-,16+,17+,18-,19-,20-,21?,24+,25+/m1/s1. The number of likely N-dealkylation sites (tertiary alicyclic amines) is 1. The molecule has 3 saturated heterocycles. The molecule has 3 aliphatic heterocycles. The van der Waals surface area contributed by atoms with Crippen LogP contribution in [0.25, 0.3) is 0 Å². The molecule has 34 heavy (non-hydrogen) atoms. The summed E-state index contributed by atoms with van der Waals surface area (Å²) in [6.45, 7) is 8.76. The number of ether oxygens (including phenoxy) is 5. The van der Waals surface area contributed by atoms with Crippen LogP contribution in [0, 0.1) is 23.7 Å². The van der Waals surface area contributed by atoms with E-state index in [9.17, 15) is 9.59 Å². The fourth-order valence-electron chi connectivity index (χ4n) is 6.56. The van der Waals surface area contributed by atoms with Gasteiger partial charge in [-0.05, 0) is 51.9 Å². The van der Waals surface area contributed by atoms with Crippen molar-refractivity contribution in [3.63, 3.8) is 0 Å². The number of rotatable bonds is 7. The number of piperidine rings is 1. The van der Waals surface area contributed by atoms with E-state index in [0.717, 1.165) is 19.3 Å². The fourth-order valence-corrected chi connectivity index (χ4v) is 6.56. The number of nitrogens with zero attached hydrogens (tertiary/aromatic N) is 1. The minimum atomic E-state index is -0.410. The van der Waals surface area contributed by atoms with Gasteiger partial charge in [-0.2, -0.15) is 0 Å². The molecule has 2 amide bonds. The number of nitrogens with one attached hydrogen (secondary N) is 1. The third-order valence-corrected chi connectivity index (χ3v) is 8.73. The lowest BCUT2D eigenvalue weighted by atomic mass is 9.68. The number of methoxy groups -OCH3 is 1. The maximum absolute atomic E-state index is 13.0. The second kappa shape index (κ2) is 8.68. The van der Waals surface area contributed by atoms with Gasteiger partial charge in [-0.1, -0.05) is 11.6 Å². The Morgan fingerprint density at radius 2 is 1.94 bits per heavy atom. The molecule has 5 rings (SSSR count). The van der Waals surface area contributed by atoms with Gasteiger partial charge in [0, 0.05) is 33.2 Å². The summed E-state index contributed by atoms with van der Waals surface area (Å²) < 4.78 is 29.4. The van der Waals surface area contributed by atoms with Crippen molar-refractivity contribution in [1.29, 1.82) is 0 Å². The van der Waals surface area contributed by atoms with Gasteiger partial charge in [-0.25, -0.2) is 9.59 Å². The fraction of sp³-hybridized carbons (Fsp3) is 0.840. The van der Waals surface area contributed by atoms with Crippen molar-refractivity contribution in [2.75, 3.05) is 40.5 Å². The van der Waals surface area contributed by atoms with Gasteiger partial charge in [-0.15, -0.1) is 0 Å². The highest BCUT2D eigenvalue weighted by atomic mass is 16.6. The van der Waals surface area contributed by atoms with Crippen molar-refractivity contribution in [3.05, 3.63) is 11.6 Å². The Bertz CT molecular complexity index is 842. The zero-order valence-corrected chi connectivity index (χ0v) is 20.9. The third-order valence-electron chi connectivity index (χ3n) is 8.73. The second-order valence-corrected chi connectivity index (χ2v) is 11.0. The summed E-state index contributed by atoms with van der Waals surface area (Å²) >= 11 is 0. The molecular formula is C25H38N2O7. The summed E-state index contributed by atoms with van der Waals surface area (Å²) in [4.78, 5) is 26.1. The van der Waals surface area contributed by atoms with E-state index in [2.05, 4.69) is 32.2 Å². The van der Waals surface area contributed by atoms with Crippen LogP contribution < -0.4 is 5.32 Å². The van der Waals surface area contributed by atoms with Crippen LogP contribution in [0.3, 0.4) is 0 Å². The molecule has 190 valence electrons. The first kappa shape index (κ1) is 23.9. The molecule has 9 nitrogen and oxygen atoms in total. The molecule has 0 aromatic carbocycles. The first-order chi connectivity index (χ1) is 16.2. The number of fused-ring (bicyclic) bond motifs is 1. The average molecular weight is 479 g/mol. The van der Waals surface area contributed by atoms with Gasteiger partial charge < -0.3 is 33.9 Å². The van der Waals surface area contributed by atoms with Crippen molar-refractivity contribution in [1.82, 2.24) is 10.2 Å². The maximum atomic E-state index is 13.0. The van der Waals surface area contributed by atoms with Crippen molar-refractivity contribution in [2.24, 2.45) is 23.7 Å². The Morgan fingerprint density at radius 1 is 1.24 bits per heavy atom. The molecule has 0 radical (unpaired) electrons. The van der Waals surface area contributed by atoms with Crippen molar-refractivity contribution in [3.8, 4) is 0 Å². The second-order valence-electron chi connectivity index (χ2n) is 11.0. The first-order valence-corrected chi connectivity index (χ1v) is 12.5. The Hall–Kier alpha value is -1.84. The summed E-state index contributed by atoms with van der Waals surface area (Å²) in [7, 11) is 3.24. The number of carbonyl (C=O) groups excluding carboxylic acids is 2. The van der Waals surface area contributed by atoms with E-state index in [0.29, 0.717) is 44.1 Å². The summed E-state index contributed by atoms with van der Waals surface area (Å²) in [5, 5.41) is 2.46. The largest absolute Gasteiger partial charge is 0.449 e. The van der Waals surface area contributed by atoms with Gasteiger partial charge >= 0.3 is 12.2 Å². The van der Waals surface area contributed by atoms with Crippen LogP contribution in [0.1, 0.15) is 40.0 Å². The number of hydrogen-bond donors (Lipinski definition) is 1. The predicted molar refractivity (Wildman–Crippen MR) is 122 cm³/mol. The molecule has 9 atom stereocenters. The lowest BCUT2D eigenvalue weighted by molar-refractivity contribution is -0.121. The highest BCUT2D eigenvalue weighted by Crippen LogP contribution is 2.60. The molecule has 2 saturated carbocycles. The Balaban J connectivity index is 1.18. The van der Waals surface area contributed by atoms with E-state index in [1.807, 2.05) is 0 Å². The molecule has 5 fully saturated rings. The summed E-state index contributed by atoms with van der Waals surface area (Å²) in [5.74, 6) is 1.12. The topological polar surface area (TPSA) is 102 Å². The van der Waals surface area contributed by atoms with Gasteiger partial charge in [0.1, 0.15) is 23.4 Å². The summed E-state index contributed by atoms with van der Waals surface area (Å²) in [6.07, 6.45) is 3.48. The van der Waals surface area contributed by atoms with E-state index < -0.39 is 6.09 Å². The van der Waals surface area contributed by atoms with Gasteiger partial charge in [0.05, 0.1) is 25.2 Å². The van der Waals surface area contributed by atoms with Crippen LogP contribution in [-0.2, 0) is 23.7 Å². The van der Waals surface area contributed by atoms with Crippen LogP contribution in [0.2, 0.25) is 0 Å². The van der Waals surface area contributed by atoms with Crippen LogP contribution in [0.15, 0.2) is 11.6 Å². The minimum Gasteiger partial charge on any atom is -0.449 e. The summed E-state index contributed by atoms with van der Waals surface area (Å²) in [6, 6.07) is 0. The predicted octanol–water partition coefficient (Wildman–Crippen LogP) is 2.73. The molecule has 0 bridgehead atoms. The molecule has 1 unspecified atom stereocenters. The van der Waals surface area contributed by atoms with Gasteiger partial charge in [0.25, 0.3) is 0 Å². The van der Waals surface area contributed by atoms with Crippen LogP contribution in [0.4, 0.5) is 9.59 Å². The molecule has 9 heteroatoms. The molecule has 1 N–H and O–H groups in total. The zero-order valence-electron chi connectivity index (χ0n) is 20.9. The van der Waals surface area contributed by atoms with E-state index in [1.165, 1.54) is 5.57 Å². The molecular weight excluding hydrogens is 440 g/mol. The van der Waals surface area contributed by atoms with E-state index in [-0.39, 0.29) is 41.5 Å². The van der Waals surface area contributed by atoms with Gasteiger partial charge in [-0.3, -0.25) is 0 Å². The van der Waals surface area contributed by atoms with Crippen molar-refractivity contribution in [2.45, 2.75) is 69.5 Å². The number of allylic oxidation sites excluding steroid dienone is 1. The van der Waals surface area contributed by atoms with E-state index in [4.69, 9.17) is 23.7 Å². The molecule has 3 heterocycles. The lowest BCUT2D eigenvalue weighted by Crippen LogP contribution is -2.56. The molecule has 2 aliphatic carbocycles. The van der Waals surface area contributed by atoms with Crippen LogP contribution in [0.5, 0.6) is 0 Å². The third kappa shape index (κ3) is 4.20. The molecule has 5 aliphatic rings. The number of carbonyl (C=O) groups is 2. The Kier molecular flexibility index (Phi) is 6.09. The van der Waals surface area contributed by atoms with Gasteiger partial charge in [0.15, 0.2) is 0 Å². The molecule has 1 spiro atoms. The first-order valence-electron chi connectivity index (χ1n) is 12.5. The van der Waals surface area contributed by atoms with E-state index in [1.54, 1.807) is 19.1 Å². The average Bonchev–Trinajstić information content (AvgIpc) is 3.77. The van der Waals surface area contributed by atoms with E-state index >= 15 is 0 Å². The zero-order chi connectivity index (χ0) is 24.3. The van der Waals surface area contributed by atoms with Crippen LogP contribution in [-0.4, -0.2) is 87.1 Å². The smallest absolute Gasteiger partial charge is 0.410 e. The SMILES string of the molecule is CNC(=O)OC[C@@H]1[C@H]2CN(C(=O)O[C@@H]3CC[C@]4(CO4)C([C@@]4(C)O[C@@H]4CC=C(C)C)[C@@H]3OC)C[C@@H]12. The lowest BCUT2D eigenvalue weighted by Gasteiger charge is -2.43. The van der Waals surface area contributed by atoms with Crippen molar-refractivity contribution >= 4 is 12.2 Å². The van der Waals surface area contributed by atoms with Gasteiger partial charge in [0.2, 0.25) is 0 Å². The quantitative estimate of drug-likeness (QED) is 0.443. The van der Waals surface area contributed by atoms with Crippen molar-refractivity contribution < 1.29 is 33.3 Å². The number of amides is 2. The minimum absolute atomic E-state index is 0.0188. The molecule has 0 aromatic heterocycles. The highest BCUT2D eigenvalue weighted by molar-refractivity contribution is 5.69. The highest BCUT2D eigenvalue weighted by Gasteiger charge is 2.72. The normalized spacial score (nSPS) is 43.7. The Morgan fingerprint density at radius 3 is 2.53 bits per heavy atom. The number of alkyl carbamates (subject to hydrolysis) is 1. The maximum Gasteiger partial charge on any atom is 0.410 e. The summed E-state index contributed by atoms with van der Waals surface area (Å²) in [5.41, 5.74) is 0.701. The molecule has 0 aromatic rings. The monoisotopic (exact) mass is 478 g/mol. The number of hydrogen-bond acceptors (Lipinski definition) is 7. The Labute approximate surface area is 201 Å². The van der Waals surface area contributed by atoms with Crippen LogP contribution >= 0.6 is 0 Å². The number of epoxide rings is 2.